The fourth-order valence-corrected chi connectivity index (χ4v) is 3.94. The van der Waals surface area contributed by atoms with Crippen molar-refractivity contribution in [3.63, 3.8) is 0 Å². The molecule has 0 aliphatic carbocycles. The largest absolute Gasteiger partial charge is 0.497 e. The second-order valence-corrected chi connectivity index (χ2v) is 7.77. The van der Waals surface area contributed by atoms with Crippen LogP contribution in [-0.2, 0) is 4.79 Å². The Hall–Kier alpha value is -3.53. The molecule has 0 bridgehead atoms. The van der Waals surface area contributed by atoms with Crippen molar-refractivity contribution in [3.05, 3.63) is 58.2 Å². The summed E-state index contributed by atoms with van der Waals surface area (Å²) in [6.45, 7) is 2.28. The van der Waals surface area contributed by atoms with Crippen LogP contribution in [0.3, 0.4) is 0 Å². The molecule has 0 atom stereocenters. The van der Waals surface area contributed by atoms with E-state index in [4.69, 9.17) is 14.2 Å². The zero-order chi connectivity index (χ0) is 24.0. The van der Waals surface area contributed by atoms with Gasteiger partial charge in [-0.15, -0.1) is 0 Å². The molecule has 0 radical (unpaired) electrons. The molecule has 0 aromatic heterocycles. The molecule has 1 heterocycles. The number of rotatable bonds is 9. The van der Waals surface area contributed by atoms with E-state index in [0.29, 0.717) is 29.4 Å². The lowest BCUT2D eigenvalue weighted by Crippen LogP contribution is -2.37. The smallest absolute Gasteiger partial charge is 0.293 e. The number of benzene rings is 2. The van der Waals surface area contributed by atoms with Crippen molar-refractivity contribution < 1.29 is 33.0 Å². The number of ether oxygens (including phenoxy) is 3. The van der Waals surface area contributed by atoms with E-state index in [9.17, 15) is 18.8 Å². The summed E-state index contributed by atoms with van der Waals surface area (Å²) in [6.07, 6.45) is 1.59. The number of amides is 3. The van der Waals surface area contributed by atoms with Crippen molar-refractivity contribution in [1.82, 2.24) is 10.2 Å². The van der Waals surface area contributed by atoms with Crippen molar-refractivity contribution in [2.45, 2.75) is 6.92 Å². The van der Waals surface area contributed by atoms with Crippen molar-refractivity contribution in [3.8, 4) is 17.2 Å². The molecule has 1 aliphatic rings. The Morgan fingerprint density at radius 3 is 2.58 bits per heavy atom. The molecule has 1 saturated heterocycles. The Bertz CT molecular complexity index is 1100. The van der Waals surface area contributed by atoms with Gasteiger partial charge < -0.3 is 19.5 Å². The topological polar surface area (TPSA) is 94.2 Å². The molecule has 174 valence electrons. The summed E-state index contributed by atoms with van der Waals surface area (Å²) >= 11 is 0.806. The maximum Gasteiger partial charge on any atom is 0.293 e. The first-order chi connectivity index (χ1) is 15.9. The highest BCUT2D eigenvalue weighted by molar-refractivity contribution is 8.18. The Morgan fingerprint density at radius 2 is 1.91 bits per heavy atom. The van der Waals surface area contributed by atoms with E-state index in [1.165, 1.54) is 26.4 Å². The van der Waals surface area contributed by atoms with Gasteiger partial charge in [0.25, 0.3) is 17.1 Å². The first-order valence-corrected chi connectivity index (χ1v) is 10.9. The fraction of sp³-hybridized carbons (Fsp3) is 0.261. The van der Waals surface area contributed by atoms with Gasteiger partial charge in [0, 0.05) is 19.2 Å². The summed E-state index contributed by atoms with van der Waals surface area (Å²) in [5.41, 5.74) is 0.512. The molecule has 1 fully saturated rings. The highest BCUT2D eigenvalue weighted by atomic mass is 32.2. The summed E-state index contributed by atoms with van der Waals surface area (Å²) in [4.78, 5) is 38.5. The number of carbonyl (C=O) groups excluding carboxylic acids is 3. The third-order valence-electron chi connectivity index (χ3n) is 4.70. The molecule has 0 saturated carbocycles. The van der Waals surface area contributed by atoms with Crippen LogP contribution in [0.25, 0.3) is 6.08 Å². The average molecular weight is 475 g/mol. The zero-order valence-electron chi connectivity index (χ0n) is 18.3. The highest BCUT2D eigenvalue weighted by Crippen LogP contribution is 2.34. The third-order valence-corrected chi connectivity index (χ3v) is 5.61. The standard InChI is InChI=1S/C23H23FN2O6S/c1-4-32-18-8-5-14(11-19(18)31-3)12-20-22(28)26(23(29)33-20)10-9-25-21(27)16-7-6-15(30-2)13-17(16)24/h5-8,11-13H,4,9-10H2,1-3H3,(H,25,27)/b20-12-. The first kappa shape index (κ1) is 24.1. The van der Waals surface area contributed by atoms with Crippen LogP contribution in [-0.4, -0.2) is 55.9 Å². The number of nitrogens with one attached hydrogen (secondary N) is 1. The summed E-state index contributed by atoms with van der Waals surface area (Å²) in [5, 5.41) is 2.07. The van der Waals surface area contributed by atoms with Gasteiger partial charge in [0.05, 0.1) is 31.3 Å². The van der Waals surface area contributed by atoms with Gasteiger partial charge in [0.1, 0.15) is 11.6 Å². The number of thioether (sulfide) groups is 1. The minimum Gasteiger partial charge on any atom is -0.497 e. The minimum absolute atomic E-state index is 0.0213. The van der Waals surface area contributed by atoms with Gasteiger partial charge in [-0.1, -0.05) is 6.07 Å². The Balaban J connectivity index is 1.63. The molecule has 0 spiro atoms. The molecule has 1 aliphatic heterocycles. The lowest BCUT2D eigenvalue weighted by Gasteiger charge is -2.13. The second-order valence-electron chi connectivity index (χ2n) is 6.78. The normalized spacial score (nSPS) is 14.5. The van der Waals surface area contributed by atoms with Crippen LogP contribution in [0.15, 0.2) is 41.3 Å². The molecule has 2 aromatic rings. The van der Waals surface area contributed by atoms with E-state index in [-0.39, 0.29) is 23.6 Å². The number of imide groups is 1. The molecular weight excluding hydrogens is 451 g/mol. The first-order valence-electron chi connectivity index (χ1n) is 10.1. The Kier molecular flexibility index (Phi) is 7.94. The number of nitrogens with zero attached hydrogens (tertiary/aromatic N) is 1. The van der Waals surface area contributed by atoms with Gasteiger partial charge >= 0.3 is 0 Å². The summed E-state index contributed by atoms with van der Waals surface area (Å²) in [6, 6.07) is 9.07. The number of hydrogen-bond donors (Lipinski definition) is 1. The number of hydrogen-bond acceptors (Lipinski definition) is 7. The third kappa shape index (κ3) is 5.64. The van der Waals surface area contributed by atoms with Crippen molar-refractivity contribution in [2.75, 3.05) is 33.9 Å². The molecule has 3 amide bonds. The molecule has 33 heavy (non-hydrogen) atoms. The van der Waals surface area contributed by atoms with Crippen LogP contribution < -0.4 is 19.5 Å². The number of methoxy groups -OCH3 is 2. The molecule has 10 heteroatoms. The van der Waals surface area contributed by atoms with Crippen LogP contribution in [0.5, 0.6) is 17.2 Å². The lowest BCUT2D eigenvalue weighted by atomic mass is 10.2. The molecule has 1 N–H and O–H groups in total. The molecule has 3 rings (SSSR count). The van der Waals surface area contributed by atoms with Gasteiger partial charge in [-0.2, -0.15) is 0 Å². The van der Waals surface area contributed by atoms with E-state index in [1.807, 2.05) is 6.92 Å². The SMILES string of the molecule is CCOc1ccc(/C=C2\SC(=O)N(CCNC(=O)c3ccc(OC)cc3F)C2=O)cc1OC. The van der Waals surface area contributed by atoms with E-state index >= 15 is 0 Å². The van der Waals surface area contributed by atoms with E-state index in [0.717, 1.165) is 22.7 Å². The Labute approximate surface area is 194 Å². The van der Waals surface area contributed by atoms with Crippen molar-refractivity contribution >= 4 is 34.9 Å². The van der Waals surface area contributed by atoms with E-state index in [2.05, 4.69) is 5.32 Å². The maximum absolute atomic E-state index is 14.0. The predicted molar refractivity (Wildman–Crippen MR) is 122 cm³/mol. The number of halogens is 1. The van der Waals surface area contributed by atoms with Gasteiger partial charge in [-0.05, 0) is 54.6 Å². The number of carbonyl (C=O) groups is 3. The summed E-state index contributed by atoms with van der Waals surface area (Å²) in [5.74, 6) is -0.472. The minimum atomic E-state index is -0.730. The van der Waals surface area contributed by atoms with Gasteiger partial charge in [-0.25, -0.2) is 4.39 Å². The van der Waals surface area contributed by atoms with Crippen LogP contribution in [0.2, 0.25) is 0 Å². The quantitative estimate of drug-likeness (QED) is 0.554. The zero-order valence-corrected chi connectivity index (χ0v) is 19.2. The molecule has 2 aromatic carbocycles. The van der Waals surface area contributed by atoms with Crippen LogP contribution in [0, 0.1) is 5.82 Å². The highest BCUT2D eigenvalue weighted by Gasteiger charge is 2.34. The second kappa shape index (κ2) is 10.9. The van der Waals surface area contributed by atoms with Crippen LogP contribution in [0.1, 0.15) is 22.8 Å². The van der Waals surface area contributed by atoms with Gasteiger partial charge in [0.2, 0.25) is 0 Å². The van der Waals surface area contributed by atoms with Gasteiger partial charge in [0.15, 0.2) is 11.5 Å². The summed E-state index contributed by atoms with van der Waals surface area (Å²) in [7, 11) is 2.91. The predicted octanol–water partition coefficient (Wildman–Crippen LogP) is 3.71. The van der Waals surface area contributed by atoms with E-state index in [1.54, 1.807) is 24.3 Å². The Morgan fingerprint density at radius 1 is 1.12 bits per heavy atom. The van der Waals surface area contributed by atoms with E-state index < -0.39 is 22.9 Å². The van der Waals surface area contributed by atoms with Crippen molar-refractivity contribution in [1.29, 1.82) is 0 Å². The monoisotopic (exact) mass is 474 g/mol. The van der Waals surface area contributed by atoms with Crippen molar-refractivity contribution in [2.24, 2.45) is 0 Å². The molecule has 0 unspecified atom stereocenters. The lowest BCUT2D eigenvalue weighted by molar-refractivity contribution is -0.122. The van der Waals surface area contributed by atoms with Gasteiger partial charge in [-0.3, -0.25) is 19.3 Å². The molecular formula is C23H23FN2O6S. The van der Waals surface area contributed by atoms with Crippen LogP contribution in [0.4, 0.5) is 9.18 Å². The fourth-order valence-electron chi connectivity index (χ4n) is 3.08. The maximum atomic E-state index is 14.0. The molecule has 8 nitrogen and oxygen atoms in total. The summed E-state index contributed by atoms with van der Waals surface area (Å²) < 4.78 is 29.7. The van der Waals surface area contributed by atoms with Crippen LogP contribution >= 0.6 is 11.8 Å². The average Bonchev–Trinajstić information content (AvgIpc) is 3.07.